The van der Waals surface area contributed by atoms with Gasteiger partial charge in [0, 0.05) is 6.54 Å². The molecular formula is C6H10N3. The van der Waals surface area contributed by atoms with E-state index < -0.39 is 0 Å². The maximum atomic E-state index is 3.86. The average Bonchev–Trinajstić information content (AvgIpc) is 2.15. The molecule has 0 aromatic rings. The van der Waals surface area contributed by atoms with Crippen molar-refractivity contribution in [2.24, 2.45) is 5.10 Å². The Morgan fingerprint density at radius 1 is 1.56 bits per heavy atom. The van der Waals surface area contributed by atoms with Crippen LogP contribution in [0.25, 0.3) is 0 Å². The van der Waals surface area contributed by atoms with Gasteiger partial charge in [-0.25, -0.2) is 0 Å². The van der Waals surface area contributed by atoms with Gasteiger partial charge in [-0.3, -0.25) is 0 Å². The summed E-state index contributed by atoms with van der Waals surface area (Å²) in [5.41, 5.74) is 4.89. The zero-order valence-electron chi connectivity index (χ0n) is 5.70. The predicted octanol–water partition coefficient (Wildman–Crippen LogP) is 0.0357. The average molecular weight is 124 g/mol. The molecular weight excluding hydrogens is 114 g/mol. The molecule has 0 saturated heterocycles. The first-order valence-electron chi connectivity index (χ1n) is 2.87. The van der Waals surface area contributed by atoms with Crippen molar-refractivity contribution < 1.29 is 0 Å². The van der Waals surface area contributed by atoms with E-state index in [1.165, 1.54) is 0 Å². The van der Waals surface area contributed by atoms with Crippen LogP contribution in [0.15, 0.2) is 16.9 Å². The number of allylic oxidation sites excluding steroid dienone is 1. The van der Waals surface area contributed by atoms with Crippen LogP contribution in [0.4, 0.5) is 0 Å². The van der Waals surface area contributed by atoms with Gasteiger partial charge in [-0.05, 0) is 20.2 Å². The molecule has 0 bridgehead atoms. The molecule has 0 aromatic carbocycles. The summed E-state index contributed by atoms with van der Waals surface area (Å²) in [6.07, 6.45) is 3.62. The number of nitrogens with zero attached hydrogens (tertiary/aromatic N) is 3. The predicted molar refractivity (Wildman–Crippen MR) is 37.3 cm³/mol. The molecule has 1 aliphatic heterocycles. The molecule has 0 atom stereocenters. The Labute approximate surface area is 55.0 Å². The molecule has 3 heteroatoms. The number of likely N-dealkylation sites (N-methyl/N-ethyl adjacent to an activating group) is 1. The maximum Gasteiger partial charge on any atom is 0.0786 e. The van der Waals surface area contributed by atoms with Gasteiger partial charge in [0.15, 0.2) is 0 Å². The van der Waals surface area contributed by atoms with Gasteiger partial charge in [0.2, 0.25) is 0 Å². The number of hydrogen-bond donors (Lipinski definition) is 0. The SMILES string of the molecule is CN(C)CC1=CC=N[N]1. The van der Waals surface area contributed by atoms with Crippen LogP contribution in [0.2, 0.25) is 0 Å². The molecule has 0 aromatic heterocycles. The van der Waals surface area contributed by atoms with Crippen LogP contribution in [0.1, 0.15) is 0 Å². The summed E-state index contributed by atoms with van der Waals surface area (Å²) in [4.78, 5) is 2.06. The van der Waals surface area contributed by atoms with Crippen LogP contribution in [-0.2, 0) is 0 Å². The first-order valence-corrected chi connectivity index (χ1v) is 2.87. The summed E-state index contributed by atoms with van der Waals surface area (Å²) in [5, 5.41) is 3.70. The highest BCUT2D eigenvalue weighted by atomic mass is 15.3. The van der Waals surface area contributed by atoms with Gasteiger partial charge in [-0.2, -0.15) is 10.5 Å². The summed E-state index contributed by atoms with van der Waals surface area (Å²) in [7, 11) is 4.02. The molecule has 49 valence electrons. The van der Waals surface area contributed by atoms with E-state index in [0.29, 0.717) is 0 Å². The fraction of sp³-hybridized carbons (Fsp3) is 0.500. The fourth-order valence-corrected chi connectivity index (χ4v) is 0.669. The van der Waals surface area contributed by atoms with Crippen LogP contribution >= 0.6 is 0 Å². The Hall–Kier alpha value is -0.830. The number of hydrogen-bond acceptors (Lipinski definition) is 2. The largest absolute Gasteiger partial charge is 0.304 e. The van der Waals surface area contributed by atoms with E-state index in [0.717, 1.165) is 12.2 Å². The summed E-state index contributed by atoms with van der Waals surface area (Å²) < 4.78 is 0. The van der Waals surface area contributed by atoms with Crippen molar-refractivity contribution in [1.29, 1.82) is 0 Å². The number of rotatable bonds is 2. The van der Waals surface area contributed by atoms with Gasteiger partial charge in [0.05, 0.1) is 11.9 Å². The lowest BCUT2D eigenvalue weighted by molar-refractivity contribution is 0.434. The normalized spacial score (nSPS) is 16.1. The van der Waals surface area contributed by atoms with Gasteiger partial charge in [-0.15, -0.1) is 0 Å². The quantitative estimate of drug-likeness (QED) is 0.511. The van der Waals surface area contributed by atoms with Crippen molar-refractivity contribution >= 4 is 6.21 Å². The molecule has 0 fully saturated rings. The Balaban J connectivity index is 2.30. The van der Waals surface area contributed by atoms with Crippen LogP contribution in [-0.4, -0.2) is 31.8 Å². The molecule has 3 nitrogen and oxygen atoms in total. The molecule has 1 rings (SSSR count). The lowest BCUT2D eigenvalue weighted by Crippen LogP contribution is -2.17. The van der Waals surface area contributed by atoms with Crippen LogP contribution in [0, 0.1) is 0 Å². The molecule has 9 heavy (non-hydrogen) atoms. The minimum Gasteiger partial charge on any atom is -0.304 e. The summed E-state index contributed by atoms with van der Waals surface area (Å²) in [6, 6.07) is 0. The third kappa shape index (κ3) is 1.85. The van der Waals surface area contributed by atoms with Gasteiger partial charge in [0.1, 0.15) is 0 Å². The topological polar surface area (TPSA) is 29.7 Å². The molecule has 0 amide bonds. The van der Waals surface area contributed by atoms with Gasteiger partial charge in [-0.1, -0.05) is 0 Å². The highest BCUT2D eigenvalue weighted by Crippen LogP contribution is 1.96. The second-order valence-corrected chi connectivity index (χ2v) is 2.26. The van der Waals surface area contributed by atoms with Crippen molar-refractivity contribution in [2.75, 3.05) is 20.6 Å². The van der Waals surface area contributed by atoms with Crippen LogP contribution in [0.3, 0.4) is 0 Å². The highest BCUT2D eigenvalue weighted by Gasteiger charge is 2.01. The summed E-state index contributed by atoms with van der Waals surface area (Å²) in [5.74, 6) is 0. The van der Waals surface area contributed by atoms with E-state index in [1.807, 2.05) is 20.2 Å². The summed E-state index contributed by atoms with van der Waals surface area (Å²) >= 11 is 0. The zero-order valence-corrected chi connectivity index (χ0v) is 5.70. The van der Waals surface area contributed by atoms with E-state index >= 15 is 0 Å². The fourth-order valence-electron chi connectivity index (χ4n) is 0.669. The molecule has 1 radical (unpaired) electrons. The van der Waals surface area contributed by atoms with Crippen LogP contribution < -0.4 is 5.43 Å². The Morgan fingerprint density at radius 3 is 2.78 bits per heavy atom. The van der Waals surface area contributed by atoms with Crippen molar-refractivity contribution in [3.63, 3.8) is 0 Å². The van der Waals surface area contributed by atoms with E-state index in [1.54, 1.807) is 6.21 Å². The Morgan fingerprint density at radius 2 is 2.33 bits per heavy atom. The molecule has 0 N–H and O–H groups in total. The van der Waals surface area contributed by atoms with E-state index in [-0.39, 0.29) is 0 Å². The lowest BCUT2D eigenvalue weighted by atomic mass is 10.4. The molecule has 1 aliphatic rings. The Kier molecular flexibility index (Phi) is 1.85. The first-order chi connectivity index (χ1) is 4.29. The van der Waals surface area contributed by atoms with Crippen LogP contribution in [0.5, 0.6) is 0 Å². The summed E-state index contributed by atoms with van der Waals surface area (Å²) in [6.45, 7) is 0.875. The van der Waals surface area contributed by atoms with Crippen molar-refractivity contribution in [1.82, 2.24) is 10.3 Å². The maximum absolute atomic E-state index is 3.86. The van der Waals surface area contributed by atoms with Gasteiger partial charge >= 0.3 is 0 Å². The third-order valence-corrected chi connectivity index (χ3v) is 0.998. The van der Waals surface area contributed by atoms with Crippen molar-refractivity contribution in [2.45, 2.75) is 0 Å². The van der Waals surface area contributed by atoms with Gasteiger partial charge in [0.25, 0.3) is 0 Å². The van der Waals surface area contributed by atoms with Gasteiger partial charge < -0.3 is 4.90 Å². The smallest absolute Gasteiger partial charge is 0.0786 e. The second kappa shape index (κ2) is 2.64. The standard InChI is InChI=1S/C6H10N3/c1-9(2)5-6-3-4-7-8-6/h3-4H,5H2,1-2H3. The lowest BCUT2D eigenvalue weighted by Gasteiger charge is -2.07. The first kappa shape index (κ1) is 6.29. The van der Waals surface area contributed by atoms with Crippen molar-refractivity contribution in [3.8, 4) is 0 Å². The molecule has 0 saturated carbocycles. The van der Waals surface area contributed by atoms with E-state index in [9.17, 15) is 0 Å². The molecule has 0 aliphatic carbocycles. The second-order valence-electron chi connectivity index (χ2n) is 2.26. The molecule has 0 spiro atoms. The molecule has 0 unspecified atom stereocenters. The zero-order chi connectivity index (χ0) is 6.69. The highest BCUT2D eigenvalue weighted by molar-refractivity contribution is 5.74. The van der Waals surface area contributed by atoms with E-state index in [4.69, 9.17) is 0 Å². The van der Waals surface area contributed by atoms with Crippen molar-refractivity contribution in [3.05, 3.63) is 11.8 Å². The van der Waals surface area contributed by atoms with E-state index in [2.05, 4.69) is 15.4 Å². The monoisotopic (exact) mass is 124 g/mol. The minimum atomic E-state index is 0.875. The Bertz CT molecular complexity index is 146. The molecule has 1 heterocycles. The minimum absolute atomic E-state index is 0.875. The third-order valence-electron chi connectivity index (χ3n) is 0.998.